The quantitative estimate of drug-likeness (QED) is 0.386. The predicted molar refractivity (Wildman–Crippen MR) is 70.2 cm³/mol. The Hall–Kier alpha value is -1.99. The first kappa shape index (κ1) is 16.1. The molecule has 0 fully saturated rings. The molecule has 0 spiro atoms. The molecule has 0 saturated carbocycles. The lowest BCUT2D eigenvalue weighted by Crippen LogP contribution is -2.36. The Kier molecular flexibility index (Phi) is 4.80. The molecule has 1 rings (SSSR count). The summed E-state index contributed by atoms with van der Waals surface area (Å²) < 4.78 is 37.8. The number of aryl methyl sites for hydroxylation is 2. The summed E-state index contributed by atoms with van der Waals surface area (Å²) in [5.41, 5.74) is 6.93. The molecular formula is C12H17F3N4O. The molecule has 0 aliphatic rings. The van der Waals surface area contributed by atoms with Gasteiger partial charge in [-0.2, -0.15) is 13.2 Å². The lowest BCUT2D eigenvalue weighted by molar-refractivity contribution is -0.119. The Labute approximate surface area is 114 Å². The molecule has 0 aromatic carbocycles. The van der Waals surface area contributed by atoms with Gasteiger partial charge in [0.25, 0.3) is 0 Å². The van der Waals surface area contributed by atoms with Gasteiger partial charge in [-0.1, -0.05) is 5.16 Å². The van der Waals surface area contributed by atoms with Crippen molar-refractivity contribution in [3.63, 3.8) is 0 Å². The molecule has 0 radical (unpaired) electrons. The molecule has 3 N–H and O–H groups in total. The standard InChI is InChI=1S/C12H17F3N4O/c1-4-19(6-12(13,14)15)11-9(10(16)18-20)7(2)5-8(3)17-11/h5,20H,4,6H2,1-3H3,(H2,16,18). The van der Waals surface area contributed by atoms with E-state index < -0.39 is 12.7 Å². The fourth-order valence-corrected chi connectivity index (χ4v) is 1.97. The van der Waals surface area contributed by atoms with E-state index in [1.54, 1.807) is 26.8 Å². The van der Waals surface area contributed by atoms with E-state index in [2.05, 4.69) is 10.1 Å². The number of aromatic nitrogens is 1. The minimum atomic E-state index is -4.36. The molecule has 0 atom stereocenters. The summed E-state index contributed by atoms with van der Waals surface area (Å²) in [6.07, 6.45) is -4.36. The van der Waals surface area contributed by atoms with Gasteiger partial charge in [0.2, 0.25) is 0 Å². The number of hydrogen-bond donors (Lipinski definition) is 2. The topological polar surface area (TPSA) is 74.7 Å². The summed E-state index contributed by atoms with van der Waals surface area (Å²) in [6, 6.07) is 1.66. The second-order valence-electron chi connectivity index (χ2n) is 4.39. The van der Waals surface area contributed by atoms with Crippen LogP contribution < -0.4 is 10.6 Å². The van der Waals surface area contributed by atoms with Crippen LogP contribution in [-0.4, -0.2) is 35.3 Å². The zero-order chi connectivity index (χ0) is 15.5. The zero-order valence-corrected chi connectivity index (χ0v) is 11.5. The SMILES string of the molecule is CCN(CC(F)(F)F)c1nc(C)cc(C)c1C(N)=NO. The third kappa shape index (κ3) is 3.75. The molecule has 0 saturated heterocycles. The molecule has 1 heterocycles. The van der Waals surface area contributed by atoms with Crippen LogP contribution >= 0.6 is 0 Å². The molecule has 1 aromatic heterocycles. The van der Waals surface area contributed by atoms with Crippen molar-refractivity contribution in [3.8, 4) is 0 Å². The van der Waals surface area contributed by atoms with Crippen LogP contribution in [0.4, 0.5) is 19.0 Å². The number of hydrogen-bond acceptors (Lipinski definition) is 4. The highest BCUT2D eigenvalue weighted by molar-refractivity contribution is 6.02. The number of nitrogens with zero attached hydrogens (tertiary/aromatic N) is 3. The van der Waals surface area contributed by atoms with E-state index in [0.717, 1.165) is 4.90 Å². The van der Waals surface area contributed by atoms with Crippen molar-refractivity contribution in [2.24, 2.45) is 10.9 Å². The van der Waals surface area contributed by atoms with Gasteiger partial charge in [-0.3, -0.25) is 0 Å². The minimum absolute atomic E-state index is 0.0672. The van der Waals surface area contributed by atoms with Gasteiger partial charge >= 0.3 is 6.18 Å². The van der Waals surface area contributed by atoms with Gasteiger partial charge in [-0.15, -0.1) is 0 Å². The number of amidine groups is 1. The molecule has 0 bridgehead atoms. The summed E-state index contributed by atoms with van der Waals surface area (Å²) in [6.45, 7) is 3.88. The molecule has 0 aliphatic carbocycles. The Balaban J connectivity index is 3.40. The average molecular weight is 290 g/mol. The van der Waals surface area contributed by atoms with E-state index in [-0.39, 0.29) is 23.8 Å². The maximum absolute atomic E-state index is 12.6. The van der Waals surface area contributed by atoms with E-state index in [9.17, 15) is 13.2 Å². The van der Waals surface area contributed by atoms with Crippen LogP contribution in [-0.2, 0) is 0 Å². The molecule has 8 heteroatoms. The average Bonchev–Trinajstić information content (AvgIpc) is 2.33. The largest absolute Gasteiger partial charge is 0.409 e. The molecule has 0 amide bonds. The van der Waals surface area contributed by atoms with Crippen LogP contribution in [0.1, 0.15) is 23.7 Å². The van der Waals surface area contributed by atoms with Crippen LogP contribution in [0.2, 0.25) is 0 Å². The fraction of sp³-hybridized carbons (Fsp3) is 0.500. The minimum Gasteiger partial charge on any atom is -0.409 e. The Morgan fingerprint density at radius 2 is 2.05 bits per heavy atom. The number of halogens is 3. The van der Waals surface area contributed by atoms with E-state index in [1.165, 1.54) is 0 Å². The summed E-state index contributed by atoms with van der Waals surface area (Å²) in [5, 5.41) is 11.7. The number of rotatable bonds is 4. The normalized spacial score (nSPS) is 12.6. The van der Waals surface area contributed by atoms with Gasteiger partial charge in [0.05, 0.1) is 5.56 Å². The summed E-state index contributed by atoms with van der Waals surface area (Å²) >= 11 is 0. The Bertz CT molecular complexity index is 514. The lowest BCUT2D eigenvalue weighted by atomic mass is 10.1. The second-order valence-corrected chi connectivity index (χ2v) is 4.39. The molecule has 0 unspecified atom stereocenters. The number of alkyl halides is 3. The highest BCUT2D eigenvalue weighted by atomic mass is 19.4. The van der Waals surface area contributed by atoms with E-state index in [4.69, 9.17) is 10.9 Å². The van der Waals surface area contributed by atoms with Crippen molar-refractivity contribution in [1.82, 2.24) is 4.98 Å². The maximum atomic E-state index is 12.6. The summed E-state index contributed by atoms with van der Waals surface area (Å²) in [4.78, 5) is 5.16. The Morgan fingerprint density at radius 3 is 2.50 bits per heavy atom. The third-order valence-electron chi connectivity index (χ3n) is 2.74. The summed E-state index contributed by atoms with van der Waals surface area (Å²) in [7, 11) is 0. The molecule has 1 aromatic rings. The lowest BCUT2D eigenvalue weighted by Gasteiger charge is -2.26. The van der Waals surface area contributed by atoms with Gasteiger partial charge in [-0.05, 0) is 32.4 Å². The number of nitrogens with two attached hydrogens (primary N) is 1. The van der Waals surface area contributed by atoms with Crippen molar-refractivity contribution in [2.75, 3.05) is 18.0 Å². The van der Waals surface area contributed by atoms with Crippen LogP contribution in [0.15, 0.2) is 11.2 Å². The van der Waals surface area contributed by atoms with E-state index in [1.807, 2.05) is 0 Å². The van der Waals surface area contributed by atoms with E-state index >= 15 is 0 Å². The number of pyridine rings is 1. The summed E-state index contributed by atoms with van der Waals surface area (Å²) in [5.74, 6) is -0.191. The monoisotopic (exact) mass is 290 g/mol. The van der Waals surface area contributed by atoms with Crippen molar-refractivity contribution in [1.29, 1.82) is 0 Å². The van der Waals surface area contributed by atoms with Crippen LogP contribution in [0.5, 0.6) is 0 Å². The molecular weight excluding hydrogens is 273 g/mol. The number of anilines is 1. The van der Waals surface area contributed by atoms with Crippen molar-refractivity contribution in [2.45, 2.75) is 26.9 Å². The Morgan fingerprint density at radius 1 is 1.45 bits per heavy atom. The second kappa shape index (κ2) is 5.98. The maximum Gasteiger partial charge on any atom is 0.405 e. The highest BCUT2D eigenvalue weighted by Gasteiger charge is 2.32. The van der Waals surface area contributed by atoms with E-state index in [0.29, 0.717) is 11.3 Å². The van der Waals surface area contributed by atoms with Crippen molar-refractivity contribution in [3.05, 3.63) is 22.9 Å². The van der Waals surface area contributed by atoms with Crippen molar-refractivity contribution >= 4 is 11.7 Å². The van der Waals surface area contributed by atoms with Crippen LogP contribution in [0, 0.1) is 13.8 Å². The smallest absolute Gasteiger partial charge is 0.405 e. The number of oxime groups is 1. The van der Waals surface area contributed by atoms with Crippen LogP contribution in [0.3, 0.4) is 0 Å². The first-order valence-corrected chi connectivity index (χ1v) is 5.97. The first-order valence-electron chi connectivity index (χ1n) is 5.97. The molecule has 5 nitrogen and oxygen atoms in total. The third-order valence-corrected chi connectivity index (χ3v) is 2.74. The van der Waals surface area contributed by atoms with Crippen molar-refractivity contribution < 1.29 is 18.4 Å². The molecule has 112 valence electrons. The van der Waals surface area contributed by atoms with Gasteiger partial charge < -0.3 is 15.8 Å². The van der Waals surface area contributed by atoms with Gasteiger partial charge in [0.1, 0.15) is 12.4 Å². The fourth-order valence-electron chi connectivity index (χ4n) is 1.97. The zero-order valence-electron chi connectivity index (χ0n) is 11.5. The van der Waals surface area contributed by atoms with Gasteiger partial charge in [-0.25, -0.2) is 4.98 Å². The highest BCUT2D eigenvalue weighted by Crippen LogP contribution is 2.26. The molecule has 20 heavy (non-hydrogen) atoms. The molecule has 0 aliphatic heterocycles. The van der Waals surface area contributed by atoms with Gasteiger partial charge in [0, 0.05) is 12.2 Å². The first-order chi connectivity index (χ1) is 9.19. The van der Waals surface area contributed by atoms with Gasteiger partial charge in [0.15, 0.2) is 5.84 Å². The predicted octanol–water partition coefficient (Wildman–Crippen LogP) is 2.18. The van der Waals surface area contributed by atoms with Crippen LogP contribution in [0.25, 0.3) is 0 Å².